The van der Waals surface area contributed by atoms with Gasteiger partial charge in [-0.05, 0) is 38.0 Å². The second-order valence-corrected chi connectivity index (χ2v) is 5.90. The van der Waals surface area contributed by atoms with E-state index in [2.05, 4.69) is 9.88 Å². The van der Waals surface area contributed by atoms with Crippen LogP contribution in [0.4, 0.5) is 5.82 Å². The maximum absolute atomic E-state index is 9.38. The topological polar surface area (TPSA) is 65.8 Å². The number of aliphatic hydroxyl groups excluding tert-OH is 2. The third-order valence-electron chi connectivity index (χ3n) is 3.48. The minimum Gasteiger partial charge on any atom is -0.394 e. The van der Waals surface area contributed by atoms with Gasteiger partial charge in [0.05, 0.1) is 24.9 Å². The fourth-order valence-electron chi connectivity index (χ4n) is 2.63. The quantitative estimate of drug-likeness (QED) is 0.865. The van der Waals surface area contributed by atoms with Crippen molar-refractivity contribution in [2.75, 3.05) is 24.6 Å². The zero-order valence-corrected chi connectivity index (χ0v) is 12.5. The number of ether oxygens (including phenoxy) is 1. The molecule has 1 fully saturated rings. The molecule has 0 bridgehead atoms. The van der Waals surface area contributed by atoms with E-state index in [1.54, 1.807) is 0 Å². The molecule has 112 valence electrons. The summed E-state index contributed by atoms with van der Waals surface area (Å²) in [6.07, 6.45) is 0.626. The van der Waals surface area contributed by atoms with Gasteiger partial charge in [0.1, 0.15) is 5.82 Å². The largest absolute Gasteiger partial charge is 0.394 e. The lowest BCUT2D eigenvalue weighted by Gasteiger charge is -2.43. The Morgan fingerprint density at radius 3 is 2.75 bits per heavy atom. The Hall–Kier alpha value is -1.17. The molecule has 0 saturated carbocycles. The van der Waals surface area contributed by atoms with E-state index in [0.717, 1.165) is 23.5 Å². The third-order valence-corrected chi connectivity index (χ3v) is 3.48. The maximum atomic E-state index is 9.38. The highest BCUT2D eigenvalue weighted by Gasteiger charge is 2.33. The highest BCUT2D eigenvalue weighted by atomic mass is 16.5. The lowest BCUT2D eigenvalue weighted by Crippen LogP contribution is -2.54. The van der Waals surface area contributed by atoms with E-state index < -0.39 is 0 Å². The van der Waals surface area contributed by atoms with Crippen molar-refractivity contribution in [3.63, 3.8) is 0 Å². The number of nitrogens with zero attached hydrogens (tertiary/aromatic N) is 2. The molecule has 5 nitrogen and oxygen atoms in total. The van der Waals surface area contributed by atoms with Gasteiger partial charge in [0, 0.05) is 18.8 Å². The summed E-state index contributed by atoms with van der Waals surface area (Å²) in [5, 5.41) is 18.7. The first-order chi connectivity index (χ1) is 9.47. The monoisotopic (exact) mass is 280 g/mol. The molecule has 1 unspecified atom stereocenters. The summed E-state index contributed by atoms with van der Waals surface area (Å²) in [6, 6.07) is 3.84. The van der Waals surface area contributed by atoms with Crippen LogP contribution >= 0.6 is 0 Å². The Morgan fingerprint density at radius 1 is 1.40 bits per heavy atom. The van der Waals surface area contributed by atoms with Crippen LogP contribution in [0.15, 0.2) is 12.1 Å². The molecule has 1 aromatic heterocycles. The van der Waals surface area contributed by atoms with Crippen LogP contribution in [-0.2, 0) is 17.8 Å². The van der Waals surface area contributed by atoms with Crippen molar-refractivity contribution in [1.29, 1.82) is 0 Å². The predicted octanol–water partition coefficient (Wildman–Crippen LogP) is 1.11. The molecule has 2 rings (SSSR count). The normalized spacial score (nSPS) is 22.1. The van der Waals surface area contributed by atoms with Crippen LogP contribution in [0, 0.1) is 0 Å². The van der Waals surface area contributed by atoms with Crippen molar-refractivity contribution in [1.82, 2.24) is 4.98 Å². The highest BCUT2D eigenvalue weighted by molar-refractivity contribution is 5.44. The molecule has 2 N–H and O–H groups in total. The Labute approximate surface area is 120 Å². The van der Waals surface area contributed by atoms with Crippen LogP contribution in [0.2, 0.25) is 0 Å². The second-order valence-electron chi connectivity index (χ2n) is 5.90. The van der Waals surface area contributed by atoms with Crippen molar-refractivity contribution in [2.45, 2.75) is 45.5 Å². The van der Waals surface area contributed by atoms with Gasteiger partial charge >= 0.3 is 0 Å². The van der Waals surface area contributed by atoms with E-state index in [1.807, 2.05) is 32.9 Å². The molecule has 2 heterocycles. The van der Waals surface area contributed by atoms with Gasteiger partial charge in [-0.3, -0.25) is 0 Å². The molecular weight excluding hydrogens is 256 g/mol. The van der Waals surface area contributed by atoms with E-state index in [4.69, 9.17) is 4.74 Å². The minimum atomic E-state index is -0.324. The zero-order chi connectivity index (χ0) is 14.8. The minimum absolute atomic E-state index is 0.000254. The van der Waals surface area contributed by atoms with Crippen LogP contribution in [0.1, 0.15) is 32.0 Å². The van der Waals surface area contributed by atoms with E-state index in [9.17, 15) is 10.2 Å². The Balaban J connectivity index is 2.29. The maximum Gasteiger partial charge on any atom is 0.129 e. The molecule has 0 aromatic carbocycles. The van der Waals surface area contributed by atoms with Crippen molar-refractivity contribution >= 4 is 5.82 Å². The first kappa shape index (κ1) is 15.2. The van der Waals surface area contributed by atoms with Gasteiger partial charge in [0.25, 0.3) is 0 Å². The van der Waals surface area contributed by atoms with E-state index in [-0.39, 0.29) is 24.9 Å². The molecule has 1 aromatic rings. The van der Waals surface area contributed by atoms with Gasteiger partial charge in [-0.1, -0.05) is 6.92 Å². The molecule has 1 aliphatic heterocycles. The van der Waals surface area contributed by atoms with Crippen LogP contribution in [-0.4, -0.2) is 46.6 Å². The number of pyridine rings is 1. The Morgan fingerprint density at radius 2 is 2.15 bits per heavy atom. The van der Waals surface area contributed by atoms with E-state index in [1.165, 1.54) is 0 Å². The van der Waals surface area contributed by atoms with Gasteiger partial charge in [-0.2, -0.15) is 0 Å². The lowest BCUT2D eigenvalue weighted by atomic mass is 10.0. The second kappa shape index (κ2) is 6.08. The van der Waals surface area contributed by atoms with Gasteiger partial charge in [0.2, 0.25) is 0 Å². The summed E-state index contributed by atoms with van der Waals surface area (Å²) in [5.74, 6) is 0.850. The molecule has 0 aliphatic carbocycles. The number of anilines is 1. The van der Waals surface area contributed by atoms with Crippen molar-refractivity contribution in [3.8, 4) is 0 Å². The lowest BCUT2D eigenvalue weighted by molar-refractivity contribution is -0.101. The standard InChI is InChI=1S/C15H24N2O3/c1-4-12-5-11(8-18)6-14(16-12)17-7-13(9-19)20-15(2,3)10-17/h5-6,13,18-19H,4,7-10H2,1-3H3. The number of rotatable bonds is 4. The Kier molecular flexibility index (Phi) is 4.62. The molecule has 20 heavy (non-hydrogen) atoms. The SMILES string of the molecule is CCc1cc(CO)cc(N2CC(CO)OC(C)(C)C2)n1. The van der Waals surface area contributed by atoms with Crippen molar-refractivity contribution in [2.24, 2.45) is 0 Å². The average molecular weight is 280 g/mol. The number of aliphatic hydroxyl groups is 2. The zero-order valence-electron chi connectivity index (χ0n) is 12.5. The number of aromatic nitrogens is 1. The highest BCUT2D eigenvalue weighted by Crippen LogP contribution is 2.26. The van der Waals surface area contributed by atoms with Gasteiger partial charge in [0.15, 0.2) is 0 Å². The van der Waals surface area contributed by atoms with Crippen molar-refractivity contribution < 1.29 is 14.9 Å². The predicted molar refractivity (Wildman–Crippen MR) is 77.8 cm³/mol. The number of hydrogen-bond donors (Lipinski definition) is 2. The molecule has 0 amide bonds. The molecule has 1 saturated heterocycles. The summed E-state index contributed by atoms with van der Waals surface area (Å²) in [4.78, 5) is 6.76. The fourth-order valence-corrected chi connectivity index (χ4v) is 2.63. The first-order valence-electron chi connectivity index (χ1n) is 7.11. The van der Waals surface area contributed by atoms with Crippen LogP contribution in [0.3, 0.4) is 0 Å². The van der Waals surface area contributed by atoms with Gasteiger partial charge in [-0.15, -0.1) is 0 Å². The summed E-state index contributed by atoms with van der Waals surface area (Å²) < 4.78 is 5.82. The molecule has 0 spiro atoms. The molecular formula is C15H24N2O3. The molecule has 1 aliphatic rings. The van der Waals surface area contributed by atoms with Crippen LogP contribution in [0.5, 0.6) is 0 Å². The van der Waals surface area contributed by atoms with Gasteiger partial charge in [-0.25, -0.2) is 4.98 Å². The summed E-state index contributed by atoms with van der Waals surface area (Å²) in [7, 11) is 0. The smallest absolute Gasteiger partial charge is 0.129 e. The third kappa shape index (κ3) is 3.48. The van der Waals surface area contributed by atoms with Gasteiger partial charge < -0.3 is 19.8 Å². The molecule has 5 heteroatoms. The van der Waals surface area contributed by atoms with Crippen LogP contribution in [0.25, 0.3) is 0 Å². The first-order valence-corrected chi connectivity index (χ1v) is 7.11. The average Bonchev–Trinajstić information content (AvgIpc) is 2.44. The van der Waals surface area contributed by atoms with Crippen molar-refractivity contribution in [3.05, 3.63) is 23.4 Å². The summed E-state index contributed by atoms with van der Waals surface area (Å²) in [6.45, 7) is 7.42. The number of morpholine rings is 1. The summed E-state index contributed by atoms with van der Waals surface area (Å²) in [5.41, 5.74) is 1.52. The number of aryl methyl sites for hydroxylation is 1. The summed E-state index contributed by atoms with van der Waals surface area (Å²) >= 11 is 0. The van der Waals surface area contributed by atoms with Crippen LogP contribution < -0.4 is 4.90 Å². The molecule has 0 radical (unpaired) electrons. The van der Waals surface area contributed by atoms with E-state index in [0.29, 0.717) is 13.1 Å². The molecule has 1 atom stereocenters. The van der Waals surface area contributed by atoms with E-state index >= 15 is 0 Å². The fraction of sp³-hybridized carbons (Fsp3) is 0.667. The number of hydrogen-bond acceptors (Lipinski definition) is 5. The Bertz CT molecular complexity index is 440.